The van der Waals surface area contributed by atoms with Gasteiger partial charge in [0.1, 0.15) is 0 Å². The van der Waals surface area contributed by atoms with E-state index < -0.39 is 0 Å². The molecule has 2 bridgehead atoms. The van der Waals surface area contributed by atoms with E-state index in [0.717, 1.165) is 23.7 Å². The Morgan fingerprint density at radius 1 is 1.00 bits per heavy atom. The molecule has 0 amide bonds. The van der Waals surface area contributed by atoms with Crippen LogP contribution in [0.1, 0.15) is 58.8 Å². The fourth-order valence-electron chi connectivity index (χ4n) is 3.93. The molecular formula is C13H24. The van der Waals surface area contributed by atoms with Gasteiger partial charge in [-0.15, -0.1) is 0 Å². The van der Waals surface area contributed by atoms with Crippen LogP contribution in [0.15, 0.2) is 0 Å². The second-order valence-corrected chi connectivity index (χ2v) is 5.34. The fraction of sp³-hybridized carbons (Fsp3) is 1.00. The van der Waals surface area contributed by atoms with Crippen LogP contribution in [0.2, 0.25) is 0 Å². The topological polar surface area (TPSA) is 0 Å². The predicted octanol–water partition coefficient (Wildman–Crippen LogP) is 4.25. The van der Waals surface area contributed by atoms with Gasteiger partial charge in [0, 0.05) is 0 Å². The van der Waals surface area contributed by atoms with Crippen molar-refractivity contribution >= 4 is 0 Å². The van der Waals surface area contributed by atoms with Crippen LogP contribution in [0.3, 0.4) is 0 Å². The maximum Gasteiger partial charge on any atom is -0.0332 e. The van der Waals surface area contributed by atoms with Gasteiger partial charge in [-0.25, -0.2) is 0 Å². The minimum Gasteiger partial charge on any atom is -0.0651 e. The molecule has 0 aliphatic heterocycles. The smallest absolute Gasteiger partial charge is 0.0332 e. The summed E-state index contributed by atoms with van der Waals surface area (Å²) in [6.45, 7) is 4.86. The first-order valence-corrected chi connectivity index (χ1v) is 6.33. The summed E-state index contributed by atoms with van der Waals surface area (Å²) in [5.74, 6) is 4.33. The molecule has 0 radical (unpaired) electrons. The highest BCUT2D eigenvalue weighted by Crippen LogP contribution is 2.48. The van der Waals surface area contributed by atoms with Crippen molar-refractivity contribution in [1.82, 2.24) is 0 Å². The van der Waals surface area contributed by atoms with Gasteiger partial charge in [-0.3, -0.25) is 0 Å². The van der Waals surface area contributed by atoms with E-state index in [9.17, 15) is 0 Å². The Morgan fingerprint density at radius 2 is 1.46 bits per heavy atom. The van der Waals surface area contributed by atoms with Crippen LogP contribution in [0.5, 0.6) is 0 Å². The summed E-state index contributed by atoms with van der Waals surface area (Å²) in [5, 5.41) is 0. The van der Waals surface area contributed by atoms with Crippen molar-refractivity contribution in [2.24, 2.45) is 23.7 Å². The molecule has 0 aromatic heterocycles. The first-order chi connectivity index (χ1) is 6.33. The van der Waals surface area contributed by atoms with Crippen molar-refractivity contribution in [3.63, 3.8) is 0 Å². The summed E-state index contributed by atoms with van der Waals surface area (Å²) in [4.78, 5) is 0. The maximum absolute atomic E-state index is 2.49. The first-order valence-electron chi connectivity index (χ1n) is 6.33. The number of rotatable bonds is 2. The molecule has 0 N–H and O–H groups in total. The number of hydrogen-bond donors (Lipinski definition) is 0. The van der Waals surface area contributed by atoms with E-state index in [1.165, 1.54) is 19.3 Å². The molecule has 0 nitrogen and oxygen atoms in total. The second kappa shape index (κ2) is 4.02. The molecule has 1 unspecified atom stereocenters. The lowest BCUT2D eigenvalue weighted by Gasteiger charge is -2.45. The van der Waals surface area contributed by atoms with Crippen LogP contribution in [-0.4, -0.2) is 0 Å². The molecule has 2 rings (SSSR count). The Bertz CT molecular complexity index is 139. The van der Waals surface area contributed by atoms with Crippen LogP contribution in [0, 0.1) is 23.7 Å². The third-order valence-corrected chi connectivity index (χ3v) is 4.69. The molecule has 2 saturated carbocycles. The lowest BCUT2D eigenvalue weighted by molar-refractivity contribution is 0.0490. The van der Waals surface area contributed by atoms with Crippen molar-refractivity contribution in [3.8, 4) is 0 Å². The molecule has 0 heterocycles. The molecule has 76 valence electrons. The maximum atomic E-state index is 2.49. The lowest BCUT2D eigenvalue weighted by Crippen LogP contribution is -2.36. The molecular weight excluding hydrogens is 156 g/mol. The van der Waals surface area contributed by atoms with Gasteiger partial charge in [-0.2, -0.15) is 0 Å². The third-order valence-electron chi connectivity index (χ3n) is 4.69. The number of hydrogen-bond acceptors (Lipinski definition) is 0. The molecule has 13 heavy (non-hydrogen) atoms. The van der Waals surface area contributed by atoms with Gasteiger partial charge in [-0.1, -0.05) is 58.8 Å². The van der Waals surface area contributed by atoms with Gasteiger partial charge in [0.2, 0.25) is 0 Å². The van der Waals surface area contributed by atoms with Crippen molar-refractivity contribution in [3.05, 3.63) is 0 Å². The normalized spacial score (nSPS) is 41.5. The van der Waals surface area contributed by atoms with Crippen LogP contribution in [-0.2, 0) is 0 Å². The van der Waals surface area contributed by atoms with E-state index in [0.29, 0.717) is 0 Å². The average Bonchev–Trinajstić information content (AvgIpc) is 2.15. The highest BCUT2D eigenvalue weighted by molar-refractivity contribution is 4.88. The van der Waals surface area contributed by atoms with Gasteiger partial charge < -0.3 is 0 Å². The van der Waals surface area contributed by atoms with Crippen molar-refractivity contribution < 1.29 is 0 Å². The van der Waals surface area contributed by atoms with Gasteiger partial charge in [0.05, 0.1) is 0 Å². The van der Waals surface area contributed by atoms with Crippen LogP contribution in [0.25, 0.3) is 0 Å². The second-order valence-electron chi connectivity index (χ2n) is 5.34. The van der Waals surface area contributed by atoms with E-state index in [-0.39, 0.29) is 0 Å². The standard InChI is InChI=1S/C13H24/c1-3-10(2)13-11-6-4-7-12(13)9-5-8-11/h10-13H,3-9H2,1-2H3. The molecule has 0 aromatic rings. The molecule has 2 aliphatic rings. The minimum atomic E-state index is 0.996. The van der Waals surface area contributed by atoms with Crippen molar-refractivity contribution in [2.75, 3.05) is 0 Å². The van der Waals surface area contributed by atoms with Gasteiger partial charge in [0.25, 0.3) is 0 Å². The monoisotopic (exact) mass is 180 g/mol. The number of fused-ring (bicyclic) bond motifs is 2. The van der Waals surface area contributed by atoms with E-state index in [1.54, 1.807) is 25.7 Å². The Hall–Kier alpha value is 0. The summed E-state index contributed by atoms with van der Waals surface area (Å²) in [6.07, 6.45) is 10.6. The summed E-state index contributed by atoms with van der Waals surface area (Å²) in [7, 11) is 0. The fourth-order valence-corrected chi connectivity index (χ4v) is 3.93. The molecule has 0 aromatic carbocycles. The molecule has 2 fully saturated rings. The molecule has 1 atom stereocenters. The van der Waals surface area contributed by atoms with Crippen LogP contribution < -0.4 is 0 Å². The van der Waals surface area contributed by atoms with Crippen LogP contribution in [0.4, 0.5) is 0 Å². The van der Waals surface area contributed by atoms with E-state index >= 15 is 0 Å². The first kappa shape index (κ1) is 9.55. The molecule has 2 aliphatic carbocycles. The highest BCUT2D eigenvalue weighted by atomic mass is 14.4. The highest BCUT2D eigenvalue weighted by Gasteiger charge is 2.38. The molecule has 0 heteroatoms. The summed E-state index contributed by atoms with van der Waals surface area (Å²) < 4.78 is 0. The van der Waals surface area contributed by atoms with Gasteiger partial charge >= 0.3 is 0 Å². The Kier molecular flexibility index (Phi) is 2.96. The van der Waals surface area contributed by atoms with E-state index in [2.05, 4.69) is 13.8 Å². The zero-order valence-corrected chi connectivity index (χ0v) is 9.26. The van der Waals surface area contributed by atoms with Crippen molar-refractivity contribution in [1.29, 1.82) is 0 Å². The minimum absolute atomic E-state index is 0.996. The summed E-state index contributed by atoms with van der Waals surface area (Å²) >= 11 is 0. The Labute approximate surface area is 83.1 Å². The summed E-state index contributed by atoms with van der Waals surface area (Å²) in [6, 6.07) is 0. The van der Waals surface area contributed by atoms with E-state index in [4.69, 9.17) is 0 Å². The van der Waals surface area contributed by atoms with E-state index in [1.807, 2.05) is 0 Å². The lowest BCUT2D eigenvalue weighted by atomic mass is 9.60. The zero-order chi connectivity index (χ0) is 9.26. The molecule has 0 saturated heterocycles. The largest absolute Gasteiger partial charge is 0.0651 e. The zero-order valence-electron chi connectivity index (χ0n) is 9.26. The van der Waals surface area contributed by atoms with Crippen molar-refractivity contribution in [2.45, 2.75) is 58.8 Å². The molecule has 0 spiro atoms. The Morgan fingerprint density at radius 3 is 1.85 bits per heavy atom. The van der Waals surface area contributed by atoms with Crippen LogP contribution >= 0.6 is 0 Å². The Balaban J connectivity index is 2.06. The third kappa shape index (κ3) is 1.78. The van der Waals surface area contributed by atoms with Gasteiger partial charge in [0.15, 0.2) is 0 Å². The quantitative estimate of drug-likeness (QED) is 0.596. The van der Waals surface area contributed by atoms with Gasteiger partial charge in [-0.05, 0) is 23.7 Å². The summed E-state index contributed by atoms with van der Waals surface area (Å²) in [5.41, 5.74) is 0. The predicted molar refractivity (Wildman–Crippen MR) is 57.6 cm³/mol. The average molecular weight is 180 g/mol. The SMILES string of the molecule is CCC(C)C1C2CCCC1CCC2.